The van der Waals surface area contributed by atoms with Crippen molar-refractivity contribution >= 4 is 29.1 Å². The molecule has 0 atom stereocenters. The maximum absolute atomic E-state index is 4.80. The van der Waals surface area contributed by atoms with Crippen LogP contribution < -0.4 is 15.5 Å². The number of allylic oxidation sites excluding steroid dienone is 2. The molecular weight excluding hydrogens is 330 g/mol. The summed E-state index contributed by atoms with van der Waals surface area (Å²) in [6, 6.07) is 0.536. The lowest BCUT2D eigenvalue weighted by Gasteiger charge is -2.24. The van der Waals surface area contributed by atoms with Crippen LogP contribution in [0.25, 0.3) is 0 Å². The van der Waals surface area contributed by atoms with Gasteiger partial charge in [-0.1, -0.05) is 50.1 Å². The van der Waals surface area contributed by atoms with Gasteiger partial charge in [0.1, 0.15) is 5.69 Å². The van der Waals surface area contributed by atoms with E-state index in [1.165, 1.54) is 12.8 Å². The van der Waals surface area contributed by atoms with Crippen LogP contribution in [-0.4, -0.2) is 42.4 Å². The summed E-state index contributed by atoms with van der Waals surface area (Å²) in [4.78, 5) is 11.7. The fraction of sp³-hybridized carbons (Fsp3) is 0.474. The molecule has 0 saturated heterocycles. The van der Waals surface area contributed by atoms with E-state index in [-0.39, 0.29) is 0 Å². The number of aromatic nitrogens is 2. The molecule has 0 radical (unpaired) electrons. The summed E-state index contributed by atoms with van der Waals surface area (Å²) >= 11 is 1.70. The molecule has 1 aromatic heterocycles. The van der Waals surface area contributed by atoms with E-state index in [2.05, 4.69) is 35.6 Å². The summed E-state index contributed by atoms with van der Waals surface area (Å²) in [7, 11) is 3.96. The molecule has 1 fully saturated rings. The number of nitrogens with one attached hydrogen (secondary N) is 2. The molecule has 1 aromatic rings. The van der Waals surface area contributed by atoms with Gasteiger partial charge < -0.3 is 15.5 Å². The molecular formula is C19H29N5S. The average molecular weight is 360 g/mol. The molecule has 0 amide bonds. The van der Waals surface area contributed by atoms with Gasteiger partial charge in [-0.3, -0.25) is 0 Å². The molecule has 5 nitrogen and oxygen atoms in total. The number of likely N-dealkylation sites (N-methyl/N-ethyl adjacent to an activating group) is 1. The molecule has 1 aliphatic rings. The van der Waals surface area contributed by atoms with Crippen LogP contribution in [0.5, 0.6) is 0 Å². The van der Waals surface area contributed by atoms with Crippen molar-refractivity contribution in [3.63, 3.8) is 0 Å². The first kappa shape index (κ1) is 19.4. The van der Waals surface area contributed by atoms with Crippen LogP contribution in [0.4, 0.5) is 17.3 Å². The van der Waals surface area contributed by atoms with Crippen molar-refractivity contribution in [2.75, 3.05) is 41.9 Å². The Bertz CT molecular complexity index is 637. The monoisotopic (exact) mass is 359 g/mol. The van der Waals surface area contributed by atoms with Crippen molar-refractivity contribution < 1.29 is 0 Å². The Hall–Kier alpha value is -1.95. The zero-order valence-electron chi connectivity index (χ0n) is 15.5. The normalized spacial score (nSPS) is 14.1. The van der Waals surface area contributed by atoms with E-state index < -0.39 is 0 Å². The first-order valence-corrected chi connectivity index (χ1v) is 9.75. The van der Waals surface area contributed by atoms with E-state index >= 15 is 0 Å². The Kier molecular flexibility index (Phi) is 7.37. The Morgan fingerprint density at radius 2 is 2.12 bits per heavy atom. The molecule has 0 bridgehead atoms. The first-order chi connectivity index (χ1) is 12.1. The number of thioether (sulfide) groups is 1. The highest BCUT2D eigenvalue weighted by molar-refractivity contribution is 7.99. The number of hydrogen-bond acceptors (Lipinski definition) is 6. The smallest absolute Gasteiger partial charge is 0.191 e. The van der Waals surface area contributed by atoms with E-state index in [4.69, 9.17) is 9.97 Å². The Morgan fingerprint density at radius 1 is 1.36 bits per heavy atom. The van der Waals surface area contributed by atoms with Gasteiger partial charge in [-0.05, 0) is 24.8 Å². The van der Waals surface area contributed by atoms with Crippen LogP contribution in [0.3, 0.4) is 0 Å². The summed E-state index contributed by atoms with van der Waals surface area (Å²) in [6.07, 6.45) is 9.12. The van der Waals surface area contributed by atoms with Gasteiger partial charge in [-0.15, -0.1) is 0 Å². The van der Waals surface area contributed by atoms with Crippen LogP contribution in [0, 0.1) is 0 Å². The third-order valence-electron chi connectivity index (χ3n) is 3.85. The molecule has 0 aliphatic heterocycles. The third kappa shape index (κ3) is 5.53. The molecule has 0 aromatic carbocycles. The van der Waals surface area contributed by atoms with Crippen LogP contribution in [0.1, 0.15) is 26.2 Å². The van der Waals surface area contributed by atoms with Gasteiger partial charge in [0, 0.05) is 32.4 Å². The van der Waals surface area contributed by atoms with Crippen molar-refractivity contribution in [1.29, 1.82) is 0 Å². The van der Waals surface area contributed by atoms with E-state index in [1.807, 2.05) is 26.2 Å². The van der Waals surface area contributed by atoms with Crippen molar-refractivity contribution in [3.8, 4) is 0 Å². The summed E-state index contributed by atoms with van der Waals surface area (Å²) in [6.45, 7) is 10.5. The Labute approximate surface area is 155 Å². The van der Waals surface area contributed by atoms with Gasteiger partial charge in [-0.25, -0.2) is 9.97 Å². The highest BCUT2D eigenvalue weighted by Gasteiger charge is 2.25. The highest BCUT2D eigenvalue weighted by Crippen LogP contribution is 2.35. The van der Waals surface area contributed by atoms with E-state index in [1.54, 1.807) is 17.8 Å². The zero-order valence-corrected chi connectivity index (χ0v) is 16.3. The van der Waals surface area contributed by atoms with Crippen LogP contribution in [0.2, 0.25) is 0 Å². The fourth-order valence-corrected chi connectivity index (χ4v) is 3.10. The maximum atomic E-state index is 4.80. The van der Waals surface area contributed by atoms with Crippen LogP contribution >= 0.6 is 11.8 Å². The minimum atomic E-state index is 0.536. The second-order valence-electron chi connectivity index (χ2n) is 6.11. The minimum Gasteiger partial charge on any atom is -0.382 e. The van der Waals surface area contributed by atoms with E-state index in [0.29, 0.717) is 12.6 Å². The lowest BCUT2D eigenvalue weighted by Crippen LogP contribution is -2.23. The van der Waals surface area contributed by atoms with Crippen LogP contribution in [0.15, 0.2) is 42.1 Å². The van der Waals surface area contributed by atoms with Gasteiger partial charge in [0.15, 0.2) is 16.8 Å². The van der Waals surface area contributed by atoms with Gasteiger partial charge in [0.25, 0.3) is 0 Å². The summed E-state index contributed by atoms with van der Waals surface area (Å²) in [5, 5.41) is 7.63. The summed E-state index contributed by atoms with van der Waals surface area (Å²) in [5.74, 6) is 2.81. The third-order valence-corrected chi connectivity index (χ3v) is 4.90. The Morgan fingerprint density at radius 3 is 2.68 bits per heavy atom. The van der Waals surface area contributed by atoms with Gasteiger partial charge in [-0.2, -0.15) is 0 Å². The van der Waals surface area contributed by atoms with E-state index in [9.17, 15) is 0 Å². The van der Waals surface area contributed by atoms with Gasteiger partial charge >= 0.3 is 0 Å². The van der Waals surface area contributed by atoms with E-state index in [0.717, 1.165) is 40.2 Å². The maximum Gasteiger partial charge on any atom is 0.191 e. The number of rotatable bonds is 11. The molecule has 1 heterocycles. The van der Waals surface area contributed by atoms with Crippen LogP contribution in [-0.2, 0) is 0 Å². The summed E-state index contributed by atoms with van der Waals surface area (Å²) < 4.78 is 0. The predicted molar refractivity (Wildman–Crippen MR) is 111 cm³/mol. The SMILES string of the molecule is C=C/C=C(\C=C)CN(C)c1nc(SCCC)nc(NC2CC2)c1NC. The standard InChI is InChI=1S/C19H29N5S/c1-6-9-14(8-3)13-24(5)18-16(20-4)17(21-15-10-11-15)22-19(23-18)25-12-7-2/h6,8-9,15,20H,1,3,7,10-13H2,2,4-5H3,(H,21,22,23)/b14-9+. The quantitative estimate of drug-likeness (QED) is 0.348. The van der Waals surface area contributed by atoms with Crippen molar-refractivity contribution in [2.24, 2.45) is 0 Å². The molecule has 0 unspecified atom stereocenters. The zero-order chi connectivity index (χ0) is 18.2. The second-order valence-corrected chi connectivity index (χ2v) is 7.17. The average Bonchev–Trinajstić information content (AvgIpc) is 3.42. The van der Waals surface area contributed by atoms with Crippen molar-refractivity contribution in [2.45, 2.75) is 37.4 Å². The van der Waals surface area contributed by atoms with Crippen molar-refractivity contribution in [3.05, 3.63) is 37.0 Å². The summed E-state index contributed by atoms with van der Waals surface area (Å²) in [5.41, 5.74) is 2.04. The number of nitrogens with zero attached hydrogens (tertiary/aromatic N) is 3. The Balaban J connectivity index is 2.35. The molecule has 6 heteroatoms. The second kappa shape index (κ2) is 9.51. The van der Waals surface area contributed by atoms with Gasteiger partial charge in [0.2, 0.25) is 0 Å². The minimum absolute atomic E-state index is 0.536. The molecule has 1 saturated carbocycles. The molecule has 2 rings (SSSR count). The lowest BCUT2D eigenvalue weighted by molar-refractivity contribution is 0.891. The van der Waals surface area contributed by atoms with Gasteiger partial charge in [0.05, 0.1) is 0 Å². The topological polar surface area (TPSA) is 53.1 Å². The lowest BCUT2D eigenvalue weighted by atomic mass is 10.2. The number of hydrogen-bond donors (Lipinski definition) is 2. The first-order valence-electron chi connectivity index (χ1n) is 8.77. The largest absolute Gasteiger partial charge is 0.382 e. The molecule has 0 spiro atoms. The fourth-order valence-electron chi connectivity index (χ4n) is 2.40. The molecule has 1 aliphatic carbocycles. The number of anilines is 3. The molecule has 25 heavy (non-hydrogen) atoms. The molecule has 136 valence electrons. The van der Waals surface area contributed by atoms with Crippen molar-refractivity contribution in [1.82, 2.24) is 9.97 Å². The highest BCUT2D eigenvalue weighted by atomic mass is 32.2. The molecule has 2 N–H and O–H groups in total. The predicted octanol–water partition coefficient (Wildman–Crippen LogP) is 4.33.